The lowest BCUT2D eigenvalue weighted by molar-refractivity contribution is 0.340. The average molecular weight is 374 g/mol. The Morgan fingerprint density at radius 3 is 2.75 bits per heavy atom. The minimum Gasteiger partial charge on any atom is -0.372 e. The van der Waals surface area contributed by atoms with E-state index >= 15 is 0 Å². The van der Waals surface area contributed by atoms with Gasteiger partial charge in [0.1, 0.15) is 5.82 Å². The van der Waals surface area contributed by atoms with Gasteiger partial charge in [0.25, 0.3) is 0 Å². The summed E-state index contributed by atoms with van der Waals surface area (Å²) in [6.07, 6.45) is 12.8. The van der Waals surface area contributed by atoms with Gasteiger partial charge in [0.15, 0.2) is 0 Å². The van der Waals surface area contributed by atoms with Gasteiger partial charge in [-0.3, -0.25) is 15.6 Å². The second-order valence-electron chi connectivity index (χ2n) is 7.08. The van der Waals surface area contributed by atoms with Crippen molar-refractivity contribution >= 4 is 6.21 Å². The molecule has 28 heavy (non-hydrogen) atoms. The number of hydrogen-bond acceptors (Lipinski definition) is 6. The maximum Gasteiger partial charge on any atom is 0.210 e. The predicted octanol–water partition coefficient (Wildman–Crippen LogP) is 2.18. The minimum absolute atomic E-state index is 0.885. The van der Waals surface area contributed by atoms with Crippen LogP contribution in [-0.4, -0.2) is 42.3 Å². The largest absolute Gasteiger partial charge is 0.372 e. The fourth-order valence-corrected chi connectivity index (χ4v) is 3.47. The van der Waals surface area contributed by atoms with Gasteiger partial charge in [0, 0.05) is 50.4 Å². The van der Waals surface area contributed by atoms with E-state index in [1.54, 1.807) is 18.6 Å². The topological polar surface area (TPSA) is 78.6 Å². The van der Waals surface area contributed by atoms with Crippen LogP contribution in [0.1, 0.15) is 12.0 Å². The molecule has 0 bridgehead atoms. The second kappa shape index (κ2) is 8.37. The Labute approximate surface area is 165 Å². The smallest absolute Gasteiger partial charge is 0.210 e. The van der Waals surface area contributed by atoms with E-state index in [-0.39, 0.29) is 0 Å². The molecule has 0 amide bonds. The molecule has 0 aliphatic carbocycles. The molecule has 0 spiro atoms. The molecule has 0 fully saturated rings. The highest BCUT2D eigenvalue weighted by Crippen LogP contribution is 2.26. The van der Waals surface area contributed by atoms with Crippen molar-refractivity contribution in [2.45, 2.75) is 12.2 Å². The molecule has 4 N–H and O–H groups in total. The minimum atomic E-state index is -0.987. The summed E-state index contributed by atoms with van der Waals surface area (Å²) in [6, 6.07) is 12.1. The van der Waals surface area contributed by atoms with E-state index in [9.17, 15) is 0 Å². The van der Waals surface area contributed by atoms with Gasteiger partial charge in [-0.25, -0.2) is 4.99 Å². The highest BCUT2D eigenvalue weighted by atomic mass is 15.3. The van der Waals surface area contributed by atoms with Crippen molar-refractivity contribution in [2.24, 2.45) is 10.7 Å². The van der Waals surface area contributed by atoms with Crippen LogP contribution in [0.15, 0.2) is 77.8 Å². The fourth-order valence-electron chi connectivity index (χ4n) is 3.47. The molecule has 144 valence electrons. The van der Waals surface area contributed by atoms with E-state index in [2.05, 4.69) is 49.8 Å². The molecule has 4 rings (SSSR count). The van der Waals surface area contributed by atoms with Gasteiger partial charge in [0.2, 0.25) is 5.79 Å². The van der Waals surface area contributed by atoms with Crippen molar-refractivity contribution in [1.82, 2.24) is 20.5 Å². The first-order valence-corrected chi connectivity index (χ1v) is 9.68. The van der Waals surface area contributed by atoms with Crippen LogP contribution >= 0.6 is 0 Å². The van der Waals surface area contributed by atoms with E-state index in [1.165, 1.54) is 0 Å². The summed E-state index contributed by atoms with van der Waals surface area (Å²) in [5.41, 5.74) is 9.70. The zero-order chi connectivity index (χ0) is 19.2. The summed E-state index contributed by atoms with van der Waals surface area (Å²) in [5.74, 6) is -0.0923. The van der Waals surface area contributed by atoms with Crippen LogP contribution in [0.4, 0.5) is 0 Å². The van der Waals surface area contributed by atoms with Crippen LogP contribution in [-0.2, 0) is 5.79 Å². The molecule has 2 aliphatic heterocycles. The molecule has 2 aliphatic rings. The number of benzene rings is 1. The van der Waals surface area contributed by atoms with E-state index < -0.39 is 5.79 Å². The van der Waals surface area contributed by atoms with Crippen LogP contribution in [0.5, 0.6) is 0 Å². The van der Waals surface area contributed by atoms with E-state index in [1.807, 2.05) is 30.3 Å². The molecular weight excluding hydrogens is 348 g/mol. The Bertz CT molecular complexity index is 881. The Hall–Kier alpha value is -2.96. The monoisotopic (exact) mass is 374 g/mol. The zero-order valence-corrected chi connectivity index (χ0v) is 15.9. The summed E-state index contributed by atoms with van der Waals surface area (Å²) in [6.45, 7) is 4.10. The quantitative estimate of drug-likeness (QED) is 0.511. The van der Waals surface area contributed by atoms with Crippen LogP contribution in [0.2, 0.25) is 0 Å². The number of hydrogen-bond donors (Lipinski definition) is 3. The summed E-state index contributed by atoms with van der Waals surface area (Å²) >= 11 is 0. The van der Waals surface area contributed by atoms with Crippen LogP contribution in [0, 0.1) is 0 Å². The van der Waals surface area contributed by atoms with Gasteiger partial charge in [-0.05, 0) is 41.8 Å². The maximum atomic E-state index is 6.60. The first-order valence-electron chi connectivity index (χ1n) is 9.68. The fraction of sp³-hybridized carbons (Fsp3) is 0.273. The van der Waals surface area contributed by atoms with Crippen LogP contribution in [0.3, 0.4) is 0 Å². The number of rotatable bonds is 7. The first-order chi connectivity index (χ1) is 13.7. The molecule has 0 saturated carbocycles. The van der Waals surface area contributed by atoms with Crippen molar-refractivity contribution < 1.29 is 0 Å². The molecule has 1 aromatic carbocycles. The average Bonchev–Trinajstić information content (AvgIpc) is 3.26. The Morgan fingerprint density at radius 1 is 1.11 bits per heavy atom. The first kappa shape index (κ1) is 18.4. The van der Waals surface area contributed by atoms with Crippen molar-refractivity contribution in [2.75, 3.05) is 26.2 Å². The van der Waals surface area contributed by atoms with Crippen molar-refractivity contribution in [3.8, 4) is 11.1 Å². The van der Waals surface area contributed by atoms with Gasteiger partial charge < -0.3 is 10.6 Å². The normalized spacial score (nSPS) is 21.4. The third kappa shape index (κ3) is 4.30. The third-order valence-corrected chi connectivity index (χ3v) is 5.02. The summed E-state index contributed by atoms with van der Waals surface area (Å²) in [7, 11) is 0. The summed E-state index contributed by atoms with van der Waals surface area (Å²) < 4.78 is 0. The zero-order valence-electron chi connectivity index (χ0n) is 15.9. The van der Waals surface area contributed by atoms with E-state index in [0.29, 0.717) is 0 Å². The lowest BCUT2D eigenvalue weighted by Crippen LogP contribution is -2.52. The third-order valence-electron chi connectivity index (χ3n) is 5.02. The standard InChI is InChI=1S/C22H26N6/c23-22(20-6-3-5-19(17-20)18-7-11-24-12-8-18)26-13-9-21(27-22)25-10-4-16-28-14-1-2-15-28/h1-3,5-9,11-13,17,25,27H,4,10,14-16,23H2. The Balaban J connectivity index is 1.38. The molecule has 0 radical (unpaired) electrons. The predicted molar refractivity (Wildman–Crippen MR) is 113 cm³/mol. The lowest BCUT2D eigenvalue weighted by atomic mass is 10.0. The van der Waals surface area contributed by atoms with Crippen LogP contribution < -0.4 is 16.4 Å². The molecule has 0 saturated heterocycles. The van der Waals surface area contributed by atoms with Crippen molar-refractivity contribution in [3.63, 3.8) is 0 Å². The van der Waals surface area contributed by atoms with Gasteiger partial charge in [-0.1, -0.05) is 30.4 Å². The lowest BCUT2D eigenvalue weighted by Gasteiger charge is -2.32. The highest BCUT2D eigenvalue weighted by molar-refractivity contribution is 5.74. The van der Waals surface area contributed by atoms with Gasteiger partial charge in [0.05, 0.1) is 0 Å². The molecule has 2 aromatic rings. The molecular formula is C22H26N6. The van der Waals surface area contributed by atoms with Gasteiger partial charge in [-0.15, -0.1) is 0 Å². The maximum absolute atomic E-state index is 6.60. The Morgan fingerprint density at radius 2 is 1.93 bits per heavy atom. The number of nitrogens with one attached hydrogen (secondary N) is 2. The molecule has 6 nitrogen and oxygen atoms in total. The molecule has 1 unspecified atom stereocenters. The number of allylic oxidation sites excluding steroid dienone is 1. The number of aliphatic imine (C=N–C) groups is 1. The van der Waals surface area contributed by atoms with E-state index in [4.69, 9.17) is 5.73 Å². The highest BCUT2D eigenvalue weighted by Gasteiger charge is 2.28. The van der Waals surface area contributed by atoms with Crippen LogP contribution in [0.25, 0.3) is 11.1 Å². The molecule has 1 atom stereocenters. The SMILES string of the molecule is NC1(c2cccc(-c3ccncc3)c2)N=CC=C(NCCCN2CC=CC2)N1. The van der Waals surface area contributed by atoms with Crippen molar-refractivity contribution in [3.05, 3.63) is 78.4 Å². The molecule has 6 heteroatoms. The number of pyridine rings is 1. The van der Waals surface area contributed by atoms with E-state index in [0.717, 1.165) is 55.1 Å². The van der Waals surface area contributed by atoms with Gasteiger partial charge >= 0.3 is 0 Å². The molecule has 3 heterocycles. The Kier molecular flexibility index (Phi) is 5.50. The van der Waals surface area contributed by atoms with Gasteiger partial charge in [-0.2, -0.15) is 0 Å². The number of nitrogens with zero attached hydrogens (tertiary/aromatic N) is 3. The number of nitrogens with two attached hydrogens (primary N) is 1. The van der Waals surface area contributed by atoms with Crippen molar-refractivity contribution in [1.29, 1.82) is 0 Å². The number of aromatic nitrogens is 1. The second-order valence-corrected chi connectivity index (χ2v) is 7.08. The molecule has 1 aromatic heterocycles. The summed E-state index contributed by atoms with van der Waals surface area (Å²) in [4.78, 5) is 11.0. The summed E-state index contributed by atoms with van der Waals surface area (Å²) in [5, 5.41) is 6.79.